The van der Waals surface area contributed by atoms with Gasteiger partial charge in [0.15, 0.2) is 0 Å². The molecule has 0 rings (SSSR count). The first-order valence-corrected chi connectivity index (χ1v) is 3.83. The minimum atomic E-state index is -0.214. The van der Waals surface area contributed by atoms with Crippen LogP contribution in [0.15, 0.2) is 0 Å². The summed E-state index contributed by atoms with van der Waals surface area (Å²) in [6.07, 6.45) is 1.06. The highest BCUT2D eigenvalue weighted by molar-refractivity contribution is 4.84. The summed E-state index contributed by atoms with van der Waals surface area (Å²) in [6, 6.07) is 0. The molecule has 0 aromatic rings. The third-order valence-electron chi connectivity index (χ3n) is 2.63. The van der Waals surface area contributed by atoms with E-state index < -0.39 is 0 Å². The monoisotopic (exact) mass is 144 g/mol. The summed E-state index contributed by atoms with van der Waals surface area (Å²) >= 11 is 0. The quantitative estimate of drug-likeness (QED) is 0.568. The Morgan fingerprint density at radius 1 is 1.50 bits per heavy atom. The van der Waals surface area contributed by atoms with Crippen LogP contribution in [0.3, 0.4) is 0 Å². The average Bonchev–Trinajstić information content (AvgIpc) is 1.86. The first kappa shape index (κ1) is 9.92. The van der Waals surface area contributed by atoms with Gasteiger partial charge in [0.25, 0.3) is 0 Å². The molecule has 2 nitrogen and oxygen atoms in total. The molecule has 0 aliphatic heterocycles. The van der Waals surface area contributed by atoms with Gasteiger partial charge in [-0.05, 0) is 26.8 Å². The smallest absolute Gasteiger partial charge is 0.00568 e. The van der Waals surface area contributed by atoms with Gasteiger partial charge in [0, 0.05) is 5.54 Å². The van der Waals surface area contributed by atoms with E-state index in [1.54, 1.807) is 7.05 Å². The third kappa shape index (κ3) is 1.96. The van der Waals surface area contributed by atoms with Crippen molar-refractivity contribution in [1.29, 1.82) is 0 Å². The molecular formula is C8H18NO-. The molecule has 0 radical (unpaired) electrons. The van der Waals surface area contributed by atoms with Crippen molar-refractivity contribution in [3.05, 3.63) is 5.21 Å². The van der Waals surface area contributed by atoms with Crippen LogP contribution < -0.4 is 0 Å². The van der Waals surface area contributed by atoms with Crippen molar-refractivity contribution in [2.24, 2.45) is 5.92 Å². The van der Waals surface area contributed by atoms with E-state index in [4.69, 9.17) is 0 Å². The molecule has 0 spiro atoms. The normalized spacial score (nSPS) is 15.9. The van der Waals surface area contributed by atoms with Gasteiger partial charge in [-0.15, -0.1) is 0 Å². The van der Waals surface area contributed by atoms with Crippen LogP contribution in [0.1, 0.15) is 34.1 Å². The molecule has 0 heterocycles. The second-order valence-electron chi connectivity index (χ2n) is 3.46. The van der Waals surface area contributed by atoms with E-state index in [-0.39, 0.29) is 5.54 Å². The van der Waals surface area contributed by atoms with Crippen molar-refractivity contribution in [1.82, 2.24) is 5.06 Å². The molecule has 2 heteroatoms. The molecule has 0 bridgehead atoms. The molecule has 0 saturated heterocycles. The van der Waals surface area contributed by atoms with Crippen LogP contribution in [0, 0.1) is 11.1 Å². The number of hydroxylamine groups is 2. The van der Waals surface area contributed by atoms with Gasteiger partial charge < -0.3 is 10.3 Å². The topological polar surface area (TPSA) is 26.3 Å². The number of hydrogen-bond donors (Lipinski definition) is 0. The predicted molar refractivity (Wildman–Crippen MR) is 44.7 cm³/mol. The van der Waals surface area contributed by atoms with Crippen molar-refractivity contribution in [3.8, 4) is 0 Å². The van der Waals surface area contributed by atoms with Crippen LogP contribution >= 0.6 is 0 Å². The Morgan fingerprint density at radius 3 is 2.00 bits per heavy atom. The zero-order valence-corrected chi connectivity index (χ0v) is 7.64. The maximum absolute atomic E-state index is 11.0. The van der Waals surface area contributed by atoms with Crippen LogP contribution in [-0.2, 0) is 0 Å². The summed E-state index contributed by atoms with van der Waals surface area (Å²) in [6.45, 7) is 8.17. The summed E-state index contributed by atoms with van der Waals surface area (Å²) in [7, 11) is 1.59. The van der Waals surface area contributed by atoms with Gasteiger partial charge in [-0.3, -0.25) is 0 Å². The fourth-order valence-corrected chi connectivity index (χ4v) is 0.810. The Bertz CT molecular complexity index is 99.4. The second-order valence-corrected chi connectivity index (χ2v) is 3.46. The highest BCUT2D eigenvalue weighted by Gasteiger charge is 2.23. The lowest BCUT2D eigenvalue weighted by molar-refractivity contribution is 0.145. The zero-order valence-electron chi connectivity index (χ0n) is 7.64. The molecule has 0 amide bonds. The Labute approximate surface area is 63.8 Å². The maximum atomic E-state index is 11.0. The van der Waals surface area contributed by atoms with Crippen LogP contribution in [-0.4, -0.2) is 17.6 Å². The molecule has 0 saturated carbocycles. The summed E-state index contributed by atoms with van der Waals surface area (Å²) in [5, 5.41) is 12.0. The van der Waals surface area contributed by atoms with E-state index in [0.717, 1.165) is 11.5 Å². The van der Waals surface area contributed by atoms with E-state index in [0.29, 0.717) is 5.92 Å². The lowest BCUT2D eigenvalue weighted by Crippen LogP contribution is -2.42. The van der Waals surface area contributed by atoms with Gasteiger partial charge in [-0.1, -0.05) is 20.3 Å². The lowest BCUT2D eigenvalue weighted by Gasteiger charge is -2.45. The fourth-order valence-electron chi connectivity index (χ4n) is 0.810. The highest BCUT2D eigenvalue weighted by atomic mass is 16.5. The van der Waals surface area contributed by atoms with Crippen LogP contribution in [0.25, 0.3) is 0 Å². The Morgan fingerprint density at radius 2 is 1.90 bits per heavy atom. The molecule has 10 heavy (non-hydrogen) atoms. The fraction of sp³-hybridized carbons (Fsp3) is 1.00. The molecule has 0 aromatic carbocycles. The van der Waals surface area contributed by atoms with Crippen LogP contribution in [0.2, 0.25) is 0 Å². The molecule has 62 valence electrons. The highest BCUT2D eigenvalue weighted by Crippen LogP contribution is 2.24. The van der Waals surface area contributed by atoms with E-state index in [9.17, 15) is 5.21 Å². The summed E-state index contributed by atoms with van der Waals surface area (Å²) in [5.41, 5.74) is -0.214. The molecule has 0 aliphatic carbocycles. The van der Waals surface area contributed by atoms with Crippen LogP contribution in [0.4, 0.5) is 0 Å². The summed E-state index contributed by atoms with van der Waals surface area (Å²) in [4.78, 5) is 0. The van der Waals surface area contributed by atoms with E-state index in [2.05, 4.69) is 13.8 Å². The largest absolute Gasteiger partial charge is 0.785 e. The van der Waals surface area contributed by atoms with Gasteiger partial charge in [0.1, 0.15) is 0 Å². The maximum Gasteiger partial charge on any atom is 0.00568 e. The standard InChI is InChI=1S/C8H18NO/c1-6-7(2)8(3,4)9(5)10/h7H,6H2,1-5H3/q-1. The lowest BCUT2D eigenvalue weighted by atomic mass is 9.87. The van der Waals surface area contributed by atoms with Gasteiger partial charge in [-0.2, -0.15) is 0 Å². The molecular weight excluding hydrogens is 126 g/mol. The first-order valence-electron chi connectivity index (χ1n) is 3.83. The van der Waals surface area contributed by atoms with E-state index >= 15 is 0 Å². The van der Waals surface area contributed by atoms with Crippen molar-refractivity contribution in [3.63, 3.8) is 0 Å². The predicted octanol–water partition coefficient (Wildman–Crippen LogP) is 2.24. The van der Waals surface area contributed by atoms with E-state index in [1.807, 2.05) is 13.8 Å². The Balaban J connectivity index is 4.09. The molecule has 0 fully saturated rings. The third-order valence-corrected chi connectivity index (χ3v) is 2.63. The van der Waals surface area contributed by atoms with Crippen molar-refractivity contribution in [2.75, 3.05) is 7.05 Å². The molecule has 0 N–H and O–H groups in total. The molecule has 1 atom stereocenters. The minimum Gasteiger partial charge on any atom is -0.785 e. The van der Waals surface area contributed by atoms with Gasteiger partial charge in [-0.25, -0.2) is 0 Å². The van der Waals surface area contributed by atoms with Gasteiger partial charge in [0.05, 0.1) is 0 Å². The Hall–Kier alpha value is -0.0800. The molecule has 0 aromatic heterocycles. The zero-order chi connectivity index (χ0) is 8.36. The minimum absolute atomic E-state index is 0.214. The summed E-state index contributed by atoms with van der Waals surface area (Å²) in [5.74, 6) is 0.454. The van der Waals surface area contributed by atoms with Crippen LogP contribution in [0.5, 0.6) is 0 Å². The van der Waals surface area contributed by atoms with Crippen molar-refractivity contribution in [2.45, 2.75) is 39.7 Å². The number of hydrogen-bond acceptors (Lipinski definition) is 2. The van der Waals surface area contributed by atoms with Crippen molar-refractivity contribution >= 4 is 0 Å². The van der Waals surface area contributed by atoms with E-state index in [1.165, 1.54) is 0 Å². The first-order chi connectivity index (χ1) is 4.42. The second kappa shape index (κ2) is 3.35. The van der Waals surface area contributed by atoms with Crippen molar-refractivity contribution < 1.29 is 0 Å². The number of rotatable bonds is 3. The Kier molecular flexibility index (Phi) is 3.33. The van der Waals surface area contributed by atoms with Gasteiger partial charge >= 0.3 is 0 Å². The number of nitrogens with zero attached hydrogens (tertiary/aromatic N) is 1. The van der Waals surface area contributed by atoms with Gasteiger partial charge in [0.2, 0.25) is 0 Å². The summed E-state index contributed by atoms with van der Waals surface area (Å²) < 4.78 is 0. The average molecular weight is 144 g/mol. The SMILES string of the molecule is CCC(C)C(C)(C)N(C)[O-]. The molecule has 0 aliphatic rings. The molecule has 1 unspecified atom stereocenters.